The van der Waals surface area contributed by atoms with Gasteiger partial charge in [-0.05, 0) is 24.3 Å². The van der Waals surface area contributed by atoms with Gasteiger partial charge in [-0.1, -0.05) is 24.3 Å². The molecule has 0 aliphatic rings. The van der Waals surface area contributed by atoms with Crippen LogP contribution in [0.4, 0.5) is 5.95 Å². The average Bonchev–Trinajstić information content (AvgIpc) is 3.08. The number of imidazole rings is 2. The summed E-state index contributed by atoms with van der Waals surface area (Å²) in [4.78, 5) is 22.5. The monoisotopic (exact) mass is 293 g/mol. The molecule has 0 spiro atoms. The molecule has 3 N–H and O–H groups in total. The number of hydrogen-bond donors (Lipinski definition) is 3. The smallest absolute Gasteiger partial charge is 0.326 e. The van der Waals surface area contributed by atoms with Gasteiger partial charge in [-0.15, -0.1) is 0 Å². The fraction of sp³-hybridized carbons (Fsp3) is 0.125. The zero-order valence-electron chi connectivity index (χ0n) is 11.8. The number of hydrogen-bond acceptors (Lipinski definition) is 3. The van der Waals surface area contributed by atoms with Crippen LogP contribution in [0.3, 0.4) is 0 Å². The van der Waals surface area contributed by atoms with Crippen molar-refractivity contribution in [1.82, 2.24) is 19.5 Å². The van der Waals surface area contributed by atoms with Gasteiger partial charge in [0.15, 0.2) is 0 Å². The molecule has 0 atom stereocenters. The third-order valence-corrected chi connectivity index (χ3v) is 3.70. The molecule has 4 aromatic rings. The van der Waals surface area contributed by atoms with E-state index in [2.05, 4.69) is 20.3 Å². The third-order valence-electron chi connectivity index (χ3n) is 3.70. The number of H-pyrrole nitrogens is 2. The molecule has 4 rings (SSSR count). The van der Waals surface area contributed by atoms with Crippen LogP contribution in [0.1, 0.15) is 0 Å². The van der Waals surface area contributed by atoms with Gasteiger partial charge in [-0.3, -0.25) is 4.57 Å². The predicted octanol–water partition coefficient (Wildman–Crippen LogP) is 2.32. The van der Waals surface area contributed by atoms with Crippen LogP contribution >= 0.6 is 0 Å². The van der Waals surface area contributed by atoms with E-state index < -0.39 is 0 Å². The molecule has 22 heavy (non-hydrogen) atoms. The van der Waals surface area contributed by atoms with Crippen LogP contribution in [0.15, 0.2) is 53.3 Å². The fourth-order valence-electron chi connectivity index (χ4n) is 2.65. The second-order valence-electron chi connectivity index (χ2n) is 5.13. The molecular weight excluding hydrogens is 278 g/mol. The zero-order valence-corrected chi connectivity index (χ0v) is 11.8. The highest BCUT2D eigenvalue weighted by Crippen LogP contribution is 2.13. The second kappa shape index (κ2) is 5.07. The van der Waals surface area contributed by atoms with Crippen molar-refractivity contribution in [2.24, 2.45) is 0 Å². The maximum atomic E-state index is 12.0. The second-order valence-corrected chi connectivity index (χ2v) is 5.13. The lowest BCUT2D eigenvalue weighted by Gasteiger charge is -2.04. The number of benzene rings is 2. The summed E-state index contributed by atoms with van der Waals surface area (Å²) in [6.45, 7) is 1.18. The van der Waals surface area contributed by atoms with Gasteiger partial charge < -0.3 is 15.3 Å². The zero-order chi connectivity index (χ0) is 14.9. The van der Waals surface area contributed by atoms with E-state index in [0.29, 0.717) is 19.0 Å². The Morgan fingerprint density at radius 1 is 1.00 bits per heavy atom. The molecule has 0 amide bonds. The van der Waals surface area contributed by atoms with E-state index in [-0.39, 0.29) is 5.69 Å². The number of nitrogens with one attached hydrogen (secondary N) is 3. The summed E-state index contributed by atoms with van der Waals surface area (Å²) < 4.78 is 1.73. The summed E-state index contributed by atoms with van der Waals surface area (Å²) in [6.07, 6.45) is 0. The summed E-state index contributed by atoms with van der Waals surface area (Å²) in [5.41, 5.74) is 3.60. The Bertz CT molecular complexity index is 961. The summed E-state index contributed by atoms with van der Waals surface area (Å²) in [5, 5.41) is 3.22. The minimum atomic E-state index is -0.0902. The molecule has 6 nitrogen and oxygen atoms in total. The van der Waals surface area contributed by atoms with Crippen molar-refractivity contribution in [3.8, 4) is 0 Å². The van der Waals surface area contributed by atoms with Crippen molar-refractivity contribution in [3.63, 3.8) is 0 Å². The molecule has 6 heteroatoms. The topological polar surface area (TPSA) is 78.5 Å². The van der Waals surface area contributed by atoms with Gasteiger partial charge in [0.25, 0.3) is 0 Å². The van der Waals surface area contributed by atoms with E-state index in [1.54, 1.807) is 4.57 Å². The molecular formula is C16H15N5O. The fourth-order valence-corrected chi connectivity index (χ4v) is 2.65. The molecule has 2 heterocycles. The van der Waals surface area contributed by atoms with Crippen LogP contribution in [0, 0.1) is 0 Å². The normalized spacial score (nSPS) is 11.3. The van der Waals surface area contributed by atoms with Crippen LogP contribution in [0.2, 0.25) is 0 Å². The molecule has 0 radical (unpaired) electrons. The lowest BCUT2D eigenvalue weighted by molar-refractivity contribution is 0.718. The predicted molar refractivity (Wildman–Crippen MR) is 87.1 cm³/mol. The molecule has 110 valence electrons. The lowest BCUT2D eigenvalue weighted by atomic mass is 10.3. The highest BCUT2D eigenvalue weighted by molar-refractivity contribution is 5.77. The Labute approximate surface area is 125 Å². The molecule has 0 aliphatic carbocycles. The van der Waals surface area contributed by atoms with Gasteiger partial charge in [0.1, 0.15) is 0 Å². The van der Waals surface area contributed by atoms with Gasteiger partial charge in [0, 0.05) is 13.1 Å². The molecule has 0 aliphatic heterocycles. The number of rotatable bonds is 4. The molecule has 0 saturated carbocycles. The molecule has 0 fully saturated rings. The number of aromatic amines is 2. The van der Waals surface area contributed by atoms with E-state index in [0.717, 1.165) is 22.1 Å². The lowest BCUT2D eigenvalue weighted by Crippen LogP contribution is -2.21. The van der Waals surface area contributed by atoms with Crippen LogP contribution in [-0.2, 0) is 6.54 Å². The first kappa shape index (κ1) is 12.7. The van der Waals surface area contributed by atoms with E-state index >= 15 is 0 Å². The largest absolute Gasteiger partial charge is 0.354 e. The average molecular weight is 293 g/mol. The Balaban J connectivity index is 1.52. The van der Waals surface area contributed by atoms with Gasteiger partial charge in [-0.25, -0.2) is 9.78 Å². The number of fused-ring (bicyclic) bond motifs is 2. The quantitative estimate of drug-likeness (QED) is 0.540. The third kappa shape index (κ3) is 2.14. The van der Waals surface area contributed by atoms with Crippen molar-refractivity contribution in [3.05, 3.63) is 59.0 Å². The number of anilines is 1. The van der Waals surface area contributed by atoms with E-state index in [1.165, 1.54) is 0 Å². The van der Waals surface area contributed by atoms with Crippen molar-refractivity contribution >= 4 is 28.0 Å². The molecule has 2 aromatic heterocycles. The molecule has 0 saturated heterocycles. The summed E-state index contributed by atoms with van der Waals surface area (Å²) >= 11 is 0. The minimum Gasteiger partial charge on any atom is -0.354 e. The van der Waals surface area contributed by atoms with Gasteiger partial charge in [-0.2, -0.15) is 0 Å². The number of aromatic nitrogens is 4. The van der Waals surface area contributed by atoms with E-state index in [4.69, 9.17) is 0 Å². The SMILES string of the molecule is O=c1[nH]c2ccccc2n1CCNc1nc2ccccc2[nH]1. The summed E-state index contributed by atoms with van der Waals surface area (Å²) in [6, 6.07) is 15.6. The van der Waals surface area contributed by atoms with Gasteiger partial charge >= 0.3 is 5.69 Å². The first-order chi connectivity index (χ1) is 10.8. The molecule has 0 unspecified atom stereocenters. The molecule has 0 bridgehead atoms. The Kier molecular flexibility index (Phi) is 2.93. The van der Waals surface area contributed by atoms with Crippen molar-refractivity contribution < 1.29 is 0 Å². The Morgan fingerprint density at radius 2 is 1.77 bits per heavy atom. The minimum absolute atomic E-state index is 0.0902. The standard InChI is InChI=1S/C16H15N5O/c22-16-20-13-7-3-4-8-14(13)21(16)10-9-17-15-18-11-5-1-2-6-12(11)19-15/h1-8H,9-10H2,(H,20,22)(H2,17,18,19). The van der Waals surface area contributed by atoms with Crippen LogP contribution in [0.5, 0.6) is 0 Å². The summed E-state index contributed by atoms with van der Waals surface area (Å²) in [5.74, 6) is 0.717. The van der Waals surface area contributed by atoms with Crippen molar-refractivity contribution in [1.29, 1.82) is 0 Å². The van der Waals surface area contributed by atoms with Crippen LogP contribution < -0.4 is 11.0 Å². The van der Waals surface area contributed by atoms with Crippen LogP contribution in [-0.4, -0.2) is 26.1 Å². The summed E-state index contributed by atoms with van der Waals surface area (Å²) in [7, 11) is 0. The number of nitrogens with zero attached hydrogens (tertiary/aromatic N) is 2. The Morgan fingerprint density at radius 3 is 2.64 bits per heavy atom. The molecule has 2 aromatic carbocycles. The Hall–Kier alpha value is -3.02. The maximum absolute atomic E-state index is 12.0. The maximum Gasteiger partial charge on any atom is 0.326 e. The van der Waals surface area contributed by atoms with Crippen molar-refractivity contribution in [2.45, 2.75) is 6.54 Å². The highest BCUT2D eigenvalue weighted by atomic mass is 16.1. The van der Waals surface area contributed by atoms with Gasteiger partial charge in [0.05, 0.1) is 22.1 Å². The first-order valence-electron chi connectivity index (χ1n) is 7.17. The van der Waals surface area contributed by atoms with Crippen molar-refractivity contribution in [2.75, 3.05) is 11.9 Å². The highest BCUT2D eigenvalue weighted by Gasteiger charge is 2.06. The van der Waals surface area contributed by atoms with E-state index in [9.17, 15) is 4.79 Å². The van der Waals surface area contributed by atoms with Gasteiger partial charge in [0.2, 0.25) is 5.95 Å². The van der Waals surface area contributed by atoms with Crippen LogP contribution in [0.25, 0.3) is 22.1 Å². The first-order valence-corrected chi connectivity index (χ1v) is 7.17. The van der Waals surface area contributed by atoms with E-state index in [1.807, 2.05) is 48.5 Å². The number of para-hydroxylation sites is 4.